The van der Waals surface area contributed by atoms with Gasteiger partial charge in [-0.25, -0.2) is 28.7 Å². The van der Waals surface area contributed by atoms with Crippen LogP contribution in [0, 0.1) is 25.5 Å². The first-order valence-electron chi connectivity index (χ1n) is 21.3. The number of benzene rings is 4. The van der Waals surface area contributed by atoms with Crippen molar-refractivity contribution in [1.29, 1.82) is 0 Å². The Bertz CT molecular complexity index is 2980. The molecule has 5 heterocycles. The van der Waals surface area contributed by atoms with Crippen LogP contribution >= 0.6 is 0 Å². The zero-order valence-corrected chi connectivity index (χ0v) is 37.4. The van der Waals surface area contributed by atoms with Crippen LogP contribution in [-0.4, -0.2) is 77.9 Å². The highest BCUT2D eigenvalue weighted by Gasteiger charge is 2.21. The highest BCUT2D eigenvalue weighted by molar-refractivity contribution is 5.73. The quantitative estimate of drug-likeness (QED) is 0.114. The van der Waals surface area contributed by atoms with E-state index in [2.05, 4.69) is 14.5 Å². The van der Waals surface area contributed by atoms with Gasteiger partial charge in [0.1, 0.15) is 34.8 Å². The van der Waals surface area contributed by atoms with Gasteiger partial charge in [-0.05, 0) is 110 Å². The fourth-order valence-electron chi connectivity index (χ4n) is 7.77. The molecule has 8 aromatic rings. The molecule has 9 rings (SSSR count). The van der Waals surface area contributed by atoms with Gasteiger partial charge in [0.15, 0.2) is 0 Å². The third-order valence-electron chi connectivity index (χ3n) is 11.0. The molecule has 0 bridgehead atoms. The number of methoxy groups -OCH3 is 3. The van der Waals surface area contributed by atoms with Gasteiger partial charge in [0.05, 0.1) is 98.8 Å². The number of halogens is 2. The Morgan fingerprint density at radius 1 is 0.682 bits per heavy atom. The number of aryl methyl sites for hydroxylation is 2. The van der Waals surface area contributed by atoms with Crippen LogP contribution in [0.5, 0.6) is 11.5 Å². The summed E-state index contributed by atoms with van der Waals surface area (Å²) in [6, 6.07) is 24.5. The summed E-state index contributed by atoms with van der Waals surface area (Å²) in [7, 11) is 4.90. The van der Waals surface area contributed by atoms with Crippen molar-refractivity contribution in [2.45, 2.75) is 40.2 Å². The van der Waals surface area contributed by atoms with E-state index in [0.29, 0.717) is 43.6 Å². The first-order valence-corrected chi connectivity index (χ1v) is 21.3. The van der Waals surface area contributed by atoms with Gasteiger partial charge in [-0.2, -0.15) is 0 Å². The van der Waals surface area contributed by atoms with Crippen molar-refractivity contribution >= 4 is 24.3 Å². The molecule has 4 aromatic carbocycles. The first kappa shape index (κ1) is 45.1. The lowest BCUT2D eigenvalue weighted by atomic mass is 10.1. The van der Waals surface area contributed by atoms with Crippen LogP contribution in [0.3, 0.4) is 0 Å². The summed E-state index contributed by atoms with van der Waals surface area (Å²) in [6.07, 6.45) is 15.3. The third-order valence-corrected chi connectivity index (χ3v) is 11.0. The summed E-state index contributed by atoms with van der Waals surface area (Å²) in [4.78, 5) is 18.2. The topological polar surface area (TPSA) is 128 Å². The molecule has 13 nitrogen and oxygen atoms in total. The van der Waals surface area contributed by atoms with Crippen LogP contribution in [0.4, 0.5) is 8.78 Å². The molecule has 0 radical (unpaired) electrons. The summed E-state index contributed by atoms with van der Waals surface area (Å²) in [6.45, 7) is 6.35. The second kappa shape index (κ2) is 20.6. The van der Waals surface area contributed by atoms with E-state index in [1.807, 2.05) is 101 Å². The smallest absolute Gasteiger partial charge is 0.143 e. The van der Waals surface area contributed by atoms with E-state index >= 15 is 0 Å². The number of aliphatic hydroxyl groups is 1. The van der Waals surface area contributed by atoms with Crippen LogP contribution in [-0.2, 0) is 35.8 Å². The zero-order valence-electron chi connectivity index (χ0n) is 37.4. The molecule has 0 aliphatic carbocycles. The molecule has 1 aliphatic heterocycles. The van der Waals surface area contributed by atoms with E-state index in [-0.39, 0.29) is 18.2 Å². The largest absolute Gasteiger partial charge is 0.495 e. The summed E-state index contributed by atoms with van der Waals surface area (Å²) in [5.41, 5.74) is 10.6. The molecule has 0 unspecified atom stereocenters. The molecule has 0 spiro atoms. The summed E-state index contributed by atoms with van der Waals surface area (Å²) >= 11 is 0. The van der Waals surface area contributed by atoms with Gasteiger partial charge in [0.2, 0.25) is 0 Å². The molecule has 66 heavy (non-hydrogen) atoms. The van der Waals surface area contributed by atoms with Crippen LogP contribution < -0.4 is 9.47 Å². The van der Waals surface area contributed by atoms with E-state index in [9.17, 15) is 13.9 Å². The number of nitrogens with zero attached hydrogens (tertiary/aromatic N) is 8. The lowest BCUT2D eigenvalue weighted by molar-refractivity contribution is 0.0852. The van der Waals surface area contributed by atoms with Crippen molar-refractivity contribution in [3.8, 4) is 45.4 Å². The van der Waals surface area contributed by atoms with Gasteiger partial charge in [0, 0.05) is 43.7 Å². The monoisotopic (exact) mass is 892 g/mol. The molecule has 0 amide bonds. The van der Waals surface area contributed by atoms with Gasteiger partial charge >= 0.3 is 0 Å². The van der Waals surface area contributed by atoms with E-state index in [4.69, 9.17) is 28.9 Å². The van der Waals surface area contributed by atoms with Crippen LogP contribution in [0.1, 0.15) is 45.6 Å². The first-order chi connectivity index (χ1) is 32.2. The Kier molecular flexibility index (Phi) is 14.1. The molecule has 0 atom stereocenters. The van der Waals surface area contributed by atoms with Crippen molar-refractivity contribution in [1.82, 2.24) is 38.2 Å². The molecule has 15 heteroatoms. The fraction of sp³-hybridized carbons (Fsp3) is 0.216. The Hall–Kier alpha value is -7.46. The van der Waals surface area contributed by atoms with E-state index < -0.39 is 0 Å². The van der Waals surface area contributed by atoms with Crippen molar-refractivity contribution in [2.24, 2.45) is 0 Å². The van der Waals surface area contributed by atoms with E-state index in [0.717, 1.165) is 80.2 Å². The minimum atomic E-state index is -0.310. The molecule has 1 aliphatic rings. The standard InChI is InChI=1S/C26H27FN4O3.C25H23FN4O2/c1-18-15-30(17-28-18)22-10-4-19(14-24(22)34-3)5-11-25-29-26(20-6-8-21(27)9-7-20)23(16-33-2)31(25)12-13-32;1-17-14-29(16-27-17)21-9-3-18(13-23(21)31-2)4-10-24-28-25(19-5-7-20(26)8-6-19)22-15-32-12-11-30(22)24/h4-11,14-15,17,32H,12-13,16H2,1-3H3;3-10,13-14,16H,11-12,15H2,1-2H3/b11-5+;10-4+. The highest BCUT2D eigenvalue weighted by atomic mass is 19.1. The Morgan fingerprint density at radius 3 is 1.71 bits per heavy atom. The van der Waals surface area contributed by atoms with Gasteiger partial charge in [-0.3, -0.25) is 0 Å². The average molecular weight is 893 g/mol. The maximum absolute atomic E-state index is 13.5. The lowest BCUT2D eigenvalue weighted by Gasteiger charge is -2.17. The number of hydrogen-bond acceptors (Lipinski definition) is 9. The van der Waals surface area contributed by atoms with Crippen LogP contribution in [0.25, 0.3) is 58.2 Å². The highest BCUT2D eigenvalue weighted by Crippen LogP contribution is 2.31. The summed E-state index contributed by atoms with van der Waals surface area (Å²) in [5, 5.41) is 9.66. The molecule has 0 saturated heterocycles. The Balaban J connectivity index is 0.000000180. The van der Waals surface area contributed by atoms with Crippen molar-refractivity contribution in [2.75, 3.05) is 34.5 Å². The molecular weight excluding hydrogens is 843 g/mol. The number of rotatable bonds is 14. The molecule has 338 valence electrons. The average Bonchev–Trinajstić information content (AvgIpc) is 4.14. The Morgan fingerprint density at radius 2 is 1.21 bits per heavy atom. The number of hydrogen-bond donors (Lipinski definition) is 1. The van der Waals surface area contributed by atoms with Crippen molar-refractivity contribution < 1.29 is 32.8 Å². The molecule has 0 fully saturated rings. The minimum absolute atomic E-state index is 0.0520. The minimum Gasteiger partial charge on any atom is -0.495 e. The van der Waals surface area contributed by atoms with Crippen molar-refractivity contribution in [3.05, 3.63) is 167 Å². The molecule has 0 saturated carbocycles. The summed E-state index contributed by atoms with van der Waals surface area (Å²) < 4.78 is 57.1. The van der Waals surface area contributed by atoms with Crippen LogP contribution in [0.2, 0.25) is 0 Å². The van der Waals surface area contributed by atoms with Gasteiger partial charge in [0.25, 0.3) is 0 Å². The predicted molar refractivity (Wildman–Crippen MR) is 250 cm³/mol. The number of fused-ring (bicyclic) bond motifs is 1. The maximum atomic E-state index is 13.5. The molecule has 1 N–H and O–H groups in total. The molecule has 4 aromatic heterocycles. The second-order valence-corrected chi connectivity index (χ2v) is 15.4. The predicted octanol–water partition coefficient (Wildman–Crippen LogP) is 9.39. The Labute approximate surface area is 381 Å². The van der Waals surface area contributed by atoms with Crippen molar-refractivity contribution in [3.63, 3.8) is 0 Å². The third kappa shape index (κ3) is 10.1. The van der Waals surface area contributed by atoms with E-state index in [1.54, 1.807) is 58.2 Å². The van der Waals surface area contributed by atoms with Gasteiger partial charge in [-0.1, -0.05) is 24.3 Å². The number of aromatic nitrogens is 8. The zero-order chi connectivity index (χ0) is 46.2. The number of aliphatic hydroxyl groups excluding tert-OH is 1. The van der Waals surface area contributed by atoms with Crippen LogP contribution in [0.15, 0.2) is 110 Å². The summed E-state index contributed by atoms with van der Waals surface area (Å²) in [5.74, 6) is 2.40. The second-order valence-electron chi connectivity index (χ2n) is 15.4. The SMILES string of the molecule is COCc1c(-c2ccc(F)cc2)nc(/C=C/c2ccc(-n3cnc(C)c3)c(OC)c2)n1CCO.COc1cc(/C=C/c2nc(-c3ccc(F)cc3)c3n2CCOC3)ccc1-n1cnc(C)c1. The fourth-order valence-corrected chi connectivity index (χ4v) is 7.77. The number of ether oxygens (including phenoxy) is 4. The van der Waals surface area contributed by atoms with Gasteiger partial charge < -0.3 is 42.3 Å². The van der Waals surface area contributed by atoms with Gasteiger partial charge in [-0.15, -0.1) is 0 Å². The van der Waals surface area contributed by atoms with E-state index in [1.165, 1.54) is 24.3 Å². The molecular formula is C51H50F2N8O5. The lowest BCUT2D eigenvalue weighted by Crippen LogP contribution is -2.17. The maximum Gasteiger partial charge on any atom is 0.143 e. The number of imidazole rings is 4. The normalized spacial score (nSPS) is 12.4.